The van der Waals surface area contributed by atoms with Crippen LogP contribution in [0.1, 0.15) is 32.6 Å². The van der Waals surface area contributed by atoms with Crippen molar-refractivity contribution in [3.05, 3.63) is 54.1 Å². The minimum atomic E-state index is -4.28. The minimum absolute atomic E-state index is 0.103. The fraction of sp³-hybridized carbons (Fsp3) is 0.381. The smallest absolute Gasteiger partial charge is 0.339 e. The summed E-state index contributed by atoms with van der Waals surface area (Å²) in [6.45, 7) is 3.99. The second-order valence-corrected chi connectivity index (χ2v) is 8.66. The Kier molecular flexibility index (Phi) is 6.91. The predicted octanol–water partition coefficient (Wildman–Crippen LogP) is 4.55. The van der Waals surface area contributed by atoms with E-state index in [1.807, 2.05) is 0 Å². The highest BCUT2D eigenvalue weighted by molar-refractivity contribution is 7.87. The summed E-state index contributed by atoms with van der Waals surface area (Å²) in [6, 6.07) is 7.72. The Labute approximate surface area is 175 Å². The fourth-order valence-corrected chi connectivity index (χ4v) is 4.22. The quantitative estimate of drug-likeness (QED) is 0.425. The fourth-order valence-electron chi connectivity index (χ4n) is 3.30. The van der Waals surface area contributed by atoms with Crippen LogP contribution in [0.3, 0.4) is 0 Å². The average molecular weight is 438 g/mol. The number of unbranched alkanes of at least 4 members (excludes halogenated alkanes) is 3. The maximum atomic E-state index is 13.3. The normalized spacial score (nSPS) is 14.4. The van der Waals surface area contributed by atoms with Crippen LogP contribution in [0.15, 0.2) is 47.4 Å². The van der Waals surface area contributed by atoms with Gasteiger partial charge >= 0.3 is 16.1 Å². The van der Waals surface area contributed by atoms with Crippen LogP contribution in [0.25, 0.3) is 0 Å². The number of carbonyl (C=O) groups is 1. The van der Waals surface area contributed by atoms with Crippen LogP contribution in [0.2, 0.25) is 0 Å². The molecule has 0 aromatic heterocycles. The molecule has 1 fully saturated rings. The van der Waals surface area contributed by atoms with E-state index < -0.39 is 27.5 Å². The van der Waals surface area contributed by atoms with E-state index in [0.717, 1.165) is 37.8 Å². The van der Waals surface area contributed by atoms with Gasteiger partial charge in [0.05, 0.1) is 0 Å². The van der Waals surface area contributed by atoms with Crippen LogP contribution < -0.4 is 9.08 Å². The van der Waals surface area contributed by atoms with Crippen LogP contribution in [0.5, 0.6) is 5.75 Å². The minimum Gasteiger partial charge on any atom is -0.379 e. The van der Waals surface area contributed by atoms with Crippen LogP contribution in [0, 0.1) is 11.6 Å². The van der Waals surface area contributed by atoms with Gasteiger partial charge < -0.3 is 9.08 Å². The second-order valence-electron chi connectivity index (χ2n) is 7.12. The van der Waals surface area contributed by atoms with E-state index in [9.17, 15) is 22.0 Å². The number of carbonyl (C=O) groups excluding carboxylic acids is 1. The van der Waals surface area contributed by atoms with Gasteiger partial charge in [0.15, 0.2) is 0 Å². The Hall–Kier alpha value is -2.68. The van der Waals surface area contributed by atoms with Crippen molar-refractivity contribution >= 4 is 21.8 Å². The summed E-state index contributed by atoms with van der Waals surface area (Å²) in [4.78, 5) is 15.8. The molecule has 0 unspecified atom stereocenters. The SMILES string of the molecule is CCCCCCN1CCN(c2ccc(S(=O)(=O)Oc3cc(F)cc(F)c3)cc2)C1=O. The van der Waals surface area contributed by atoms with Crippen molar-refractivity contribution in [1.29, 1.82) is 0 Å². The summed E-state index contributed by atoms with van der Waals surface area (Å²) in [5.74, 6) is -2.34. The zero-order valence-corrected chi connectivity index (χ0v) is 17.5. The Morgan fingerprint density at radius 3 is 2.27 bits per heavy atom. The van der Waals surface area contributed by atoms with Crippen molar-refractivity contribution in [2.24, 2.45) is 0 Å². The summed E-state index contributed by atoms with van der Waals surface area (Å²) < 4.78 is 56.1. The maximum absolute atomic E-state index is 13.3. The van der Waals surface area contributed by atoms with Gasteiger partial charge in [-0.25, -0.2) is 13.6 Å². The zero-order valence-electron chi connectivity index (χ0n) is 16.7. The van der Waals surface area contributed by atoms with E-state index in [-0.39, 0.29) is 10.9 Å². The van der Waals surface area contributed by atoms with Gasteiger partial charge in [0, 0.05) is 43.5 Å². The molecule has 0 aliphatic carbocycles. The molecule has 2 aromatic rings. The maximum Gasteiger partial charge on any atom is 0.339 e. The number of amides is 2. The molecule has 30 heavy (non-hydrogen) atoms. The van der Waals surface area contributed by atoms with Gasteiger partial charge in [-0.15, -0.1) is 0 Å². The first-order valence-electron chi connectivity index (χ1n) is 9.87. The molecule has 0 spiro atoms. The van der Waals surface area contributed by atoms with E-state index >= 15 is 0 Å². The first kappa shape index (κ1) is 22.0. The molecule has 1 aliphatic rings. The van der Waals surface area contributed by atoms with Crippen molar-refractivity contribution < 1.29 is 26.2 Å². The number of benzene rings is 2. The van der Waals surface area contributed by atoms with Crippen molar-refractivity contribution in [2.45, 2.75) is 37.5 Å². The number of nitrogens with zero attached hydrogens (tertiary/aromatic N) is 2. The number of hydrogen-bond acceptors (Lipinski definition) is 4. The molecule has 0 atom stereocenters. The third-order valence-corrected chi connectivity index (χ3v) is 6.12. The molecule has 0 saturated carbocycles. The van der Waals surface area contributed by atoms with E-state index in [1.54, 1.807) is 9.80 Å². The predicted molar refractivity (Wildman–Crippen MR) is 109 cm³/mol. The lowest BCUT2D eigenvalue weighted by molar-refractivity contribution is 0.219. The summed E-state index contributed by atoms with van der Waals surface area (Å²) in [7, 11) is -4.28. The first-order valence-corrected chi connectivity index (χ1v) is 11.3. The summed E-state index contributed by atoms with van der Waals surface area (Å²) in [5.41, 5.74) is 0.576. The Morgan fingerprint density at radius 2 is 1.63 bits per heavy atom. The number of halogens is 2. The highest BCUT2D eigenvalue weighted by Crippen LogP contribution is 2.25. The molecule has 2 aromatic carbocycles. The Bertz CT molecular complexity index is 976. The molecular weight excluding hydrogens is 414 g/mol. The lowest BCUT2D eigenvalue weighted by Crippen LogP contribution is -2.32. The van der Waals surface area contributed by atoms with Gasteiger partial charge in [-0.05, 0) is 30.7 Å². The monoisotopic (exact) mass is 438 g/mol. The number of rotatable bonds is 9. The van der Waals surface area contributed by atoms with E-state index in [0.29, 0.717) is 31.4 Å². The lowest BCUT2D eigenvalue weighted by atomic mass is 10.2. The molecule has 162 valence electrons. The van der Waals surface area contributed by atoms with Gasteiger partial charge in [0.2, 0.25) is 0 Å². The molecule has 0 N–H and O–H groups in total. The largest absolute Gasteiger partial charge is 0.379 e. The molecule has 0 radical (unpaired) electrons. The van der Waals surface area contributed by atoms with E-state index in [2.05, 4.69) is 6.92 Å². The van der Waals surface area contributed by atoms with Crippen LogP contribution in [-0.2, 0) is 10.1 Å². The molecule has 0 bridgehead atoms. The molecule has 1 aliphatic heterocycles. The topological polar surface area (TPSA) is 66.9 Å². The molecule has 9 heteroatoms. The van der Waals surface area contributed by atoms with Gasteiger partial charge in [-0.3, -0.25) is 4.90 Å². The summed E-state index contributed by atoms with van der Waals surface area (Å²) >= 11 is 0. The van der Waals surface area contributed by atoms with Crippen molar-refractivity contribution in [2.75, 3.05) is 24.5 Å². The van der Waals surface area contributed by atoms with Gasteiger partial charge in [0.25, 0.3) is 0 Å². The standard InChI is InChI=1S/C21H24F2N2O4S/c1-2-3-4-5-10-24-11-12-25(21(24)26)18-6-8-20(9-7-18)30(27,28)29-19-14-16(22)13-17(23)15-19/h6-9,13-15H,2-5,10-12H2,1H3. The first-order chi connectivity index (χ1) is 14.3. The number of hydrogen-bond donors (Lipinski definition) is 0. The lowest BCUT2D eigenvalue weighted by Gasteiger charge is -2.19. The highest BCUT2D eigenvalue weighted by Gasteiger charge is 2.29. The molecule has 6 nitrogen and oxygen atoms in total. The molecule has 1 saturated heterocycles. The van der Waals surface area contributed by atoms with Crippen molar-refractivity contribution in [3.63, 3.8) is 0 Å². The van der Waals surface area contributed by atoms with Gasteiger partial charge in [0.1, 0.15) is 22.3 Å². The van der Waals surface area contributed by atoms with Crippen LogP contribution >= 0.6 is 0 Å². The van der Waals surface area contributed by atoms with E-state index in [4.69, 9.17) is 4.18 Å². The van der Waals surface area contributed by atoms with Crippen molar-refractivity contribution in [3.8, 4) is 5.75 Å². The average Bonchev–Trinajstić information content (AvgIpc) is 3.04. The highest BCUT2D eigenvalue weighted by atomic mass is 32.2. The molecule has 1 heterocycles. The molecule has 2 amide bonds. The molecule has 3 rings (SSSR count). The number of anilines is 1. The second kappa shape index (κ2) is 9.42. The van der Waals surface area contributed by atoms with Gasteiger partial charge in [-0.2, -0.15) is 8.42 Å². The Morgan fingerprint density at radius 1 is 0.967 bits per heavy atom. The summed E-state index contributed by atoms with van der Waals surface area (Å²) in [6.07, 6.45) is 4.32. The Balaban J connectivity index is 1.66. The van der Waals surface area contributed by atoms with E-state index in [1.165, 1.54) is 24.3 Å². The van der Waals surface area contributed by atoms with Crippen molar-refractivity contribution in [1.82, 2.24) is 4.90 Å². The van der Waals surface area contributed by atoms with Crippen LogP contribution in [-0.4, -0.2) is 39.0 Å². The van der Waals surface area contributed by atoms with Gasteiger partial charge in [-0.1, -0.05) is 26.2 Å². The summed E-state index contributed by atoms with van der Waals surface area (Å²) in [5, 5.41) is 0. The third-order valence-electron chi connectivity index (χ3n) is 4.86. The zero-order chi connectivity index (χ0) is 21.7. The third kappa shape index (κ3) is 5.27. The van der Waals surface area contributed by atoms with Crippen LogP contribution in [0.4, 0.5) is 19.3 Å². The molecular formula is C21H24F2N2O4S. The number of urea groups is 1.